The summed E-state index contributed by atoms with van der Waals surface area (Å²) in [5, 5.41) is 12.6. The highest BCUT2D eigenvalue weighted by Crippen LogP contribution is 2.20. The second-order valence-electron chi connectivity index (χ2n) is 5.18. The summed E-state index contributed by atoms with van der Waals surface area (Å²) in [6.45, 7) is 3.67. The number of anilines is 1. The molecule has 2 N–H and O–H groups in total. The molecule has 104 valence electrons. The number of aliphatic hydroxyl groups is 1. The first-order valence-corrected chi connectivity index (χ1v) is 7.10. The molecule has 1 saturated heterocycles. The van der Waals surface area contributed by atoms with Gasteiger partial charge in [-0.15, -0.1) is 0 Å². The summed E-state index contributed by atoms with van der Waals surface area (Å²) < 4.78 is 0.878. The first-order valence-electron chi connectivity index (χ1n) is 6.31. The Morgan fingerprint density at radius 2 is 2.21 bits per heavy atom. The van der Waals surface area contributed by atoms with E-state index in [9.17, 15) is 9.90 Å². The molecule has 1 aromatic heterocycles. The molecule has 0 unspecified atom stereocenters. The van der Waals surface area contributed by atoms with Gasteiger partial charge in [0.25, 0.3) is 0 Å². The van der Waals surface area contributed by atoms with E-state index in [1.54, 1.807) is 12.3 Å². The van der Waals surface area contributed by atoms with E-state index in [0.29, 0.717) is 25.2 Å². The molecule has 0 spiro atoms. The first kappa shape index (κ1) is 14.4. The minimum Gasteiger partial charge on any atom is -0.390 e. The van der Waals surface area contributed by atoms with E-state index >= 15 is 0 Å². The maximum Gasteiger partial charge on any atom is 0.239 e. The number of hydrogen-bond acceptors (Lipinski definition) is 4. The van der Waals surface area contributed by atoms with Crippen molar-refractivity contribution in [3.8, 4) is 0 Å². The molecule has 0 atom stereocenters. The number of likely N-dealkylation sites (tertiary alicyclic amines) is 1. The van der Waals surface area contributed by atoms with Crippen LogP contribution < -0.4 is 5.32 Å². The molecule has 6 heteroatoms. The molecule has 0 bridgehead atoms. The number of rotatable bonds is 3. The van der Waals surface area contributed by atoms with Gasteiger partial charge in [-0.1, -0.05) is 0 Å². The Hall–Kier alpha value is -0.980. The van der Waals surface area contributed by atoms with Crippen molar-refractivity contribution >= 4 is 27.7 Å². The van der Waals surface area contributed by atoms with E-state index in [0.717, 1.165) is 17.6 Å². The SMILES string of the molecule is CC1(O)CCN(CC(=O)Nc2ccc(Br)cn2)CC1. The lowest BCUT2D eigenvalue weighted by Gasteiger charge is -2.35. The zero-order valence-corrected chi connectivity index (χ0v) is 12.5. The lowest BCUT2D eigenvalue weighted by Crippen LogP contribution is -2.45. The van der Waals surface area contributed by atoms with Crippen LogP contribution in [0.25, 0.3) is 0 Å². The number of nitrogens with zero attached hydrogens (tertiary/aromatic N) is 2. The first-order chi connectivity index (χ1) is 8.94. The predicted octanol–water partition coefficient (Wildman–Crippen LogP) is 1.63. The number of carbonyl (C=O) groups is 1. The fourth-order valence-electron chi connectivity index (χ4n) is 2.03. The summed E-state index contributed by atoms with van der Waals surface area (Å²) in [4.78, 5) is 18.0. The molecule has 2 heterocycles. The van der Waals surface area contributed by atoms with Crippen molar-refractivity contribution in [3.05, 3.63) is 22.8 Å². The Morgan fingerprint density at radius 1 is 1.53 bits per heavy atom. The zero-order chi connectivity index (χ0) is 13.9. The highest BCUT2D eigenvalue weighted by atomic mass is 79.9. The van der Waals surface area contributed by atoms with E-state index < -0.39 is 5.60 Å². The molecule has 2 rings (SSSR count). The van der Waals surface area contributed by atoms with Gasteiger partial charge in [-0.25, -0.2) is 4.98 Å². The van der Waals surface area contributed by atoms with Gasteiger partial charge in [0.2, 0.25) is 5.91 Å². The van der Waals surface area contributed by atoms with Gasteiger partial charge < -0.3 is 10.4 Å². The Balaban J connectivity index is 1.80. The second kappa shape index (κ2) is 5.98. The maximum atomic E-state index is 11.9. The van der Waals surface area contributed by atoms with Gasteiger partial charge in [0, 0.05) is 23.8 Å². The van der Waals surface area contributed by atoms with Crippen molar-refractivity contribution in [2.45, 2.75) is 25.4 Å². The zero-order valence-electron chi connectivity index (χ0n) is 10.9. The number of piperidine rings is 1. The van der Waals surface area contributed by atoms with Gasteiger partial charge in [-0.2, -0.15) is 0 Å². The minimum atomic E-state index is -0.583. The van der Waals surface area contributed by atoms with Gasteiger partial charge >= 0.3 is 0 Å². The highest BCUT2D eigenvalue weighted by Gasteiger charge is 2.27. The van der Waals surface area contributed by atoms with Gasteiger partial charge in [0.1, 0.15) is 5.82 Å². The van der Waals surface area contributed by atoms with Gasteiger partial charge in [-0.05, 0) is 47.8 Å². The molecule has 1 fully saturated rings. The van der Waals surface area contributed by atoms with Crippen LogP contribution in [0.2, 0.25) is 0 Å². The van der Waals surface area contributed by atoms with E-state index in [4.69, 9.17) is 0 Å². The van der Waals surface area contributed by atoms with Crippen LogP contribution in [0.5, 0.6) is 0 Å². The Labute approximate surface area is 121 Å². The summed E-state index contributed by atoms with van der Waals surface area (Å²) in [5.41, 5.74) is -0.583. The summed E-state index contributed by atoms with van der Waals surface area (Å²) >= 11 is 3.29. The second-order valence-corrected chi connectivity index (χ2v) is 6.10. The van der Waals surface area contributed by atoms with Crippen LogP contribution in [-0.4, -0.2) is 46.1 Å². The summed E-state index contributed by atoms with van der Waals surface area (Å²) in [7, 11) is 0. The van der Waals surface area contributed by atoms with E-state index in [1.165, 1.54) is 0 Å². The molecule has 5 nitrogen and oxygen atoms in total. The Kier molecular flexibility index (Phi) is 4.54. The third-order valence-corrected chi connectivity index (χ3v) is 3.76. The predicted molar refractivity (Wildman–Crippen MR) is 76.9 cm³/mol. The fraction of sp³-hybridized carbons (Fsp3) is 0.538. The third kappa shape index (κ3) is 4.56. The van der Waals surface area contributed by atoms with Gasteiger partial charge in [0.15, 0.2) is 0 Å². The molecule has 1 aliphatic rings. The molecule has 19 heavy (non-hydrogen) atoms. The van der Waals surface area contributed by atoms with Gasteiger partial charge in [-0.3, -0.25) is 9.69 Å². The van der Waals surface area contributed by atoms with Crippen LogP contribution in [0.1, 0.15) is 19.8 Å². The number of halogens is 1. The molecule has 1 aliphatic heterocycles. The molecule has 0 saturated carbocycles. The summed E-state index contributed by atoms with van der Waals surface area (Å²) in [5.74, 6) is 0.480. The molecule has 1 amide bonds. The third-order valence-electron chi connectivity index (χ3n) is 3.30. The number of amides is 1. The monoisotopic (exact) mass is 327 g/mol. The standard InChI is InChI=1S/C13H18BrN3O2/c1-13(19)4-6-17(7-5-13)9-12(18)16-11-3-2-10(14)8-15-11/h2-3,8,19H,4-7,9H2,1H3,(H,15,16,18). The van der Waals surface area contributed by atoms with Crippen LogP contribution in [0.3, 0.4) is 0 Å². The van der Waals surface area contributed by atoms with Crippen molar-refractivity contribution in [2.75, 3.05) is 25.0 Å². The van der Waals surface area contributed by atoms with Crippen LogP contribution in [0.4, 0.5) is 5.82 Å². The van der Waals surface area contributed by atoms with Crippen molar-refractivity contribution in [1.29, 1.82) is 0 Å². The molecule has 1 aromatic rings. The van der Waals surface area contributed by atoms with Crippen molar-refractivity contribution < 1.29 is 9.90 Å². The van der Waals surface area contributed by atoms with Crippen LogP contribution in [0, 0.1) is 0 Å². The van der Waals surface area contributed by atoms with Gasteiger partial charge in [0.05, 0.1) is 12.1 Å². The summed E-state index contributed by atoms with van der Waals surface area (Å²) in [6.07, 6.45) is 3.06. The molecular formula is C13H18BrN3O2. The quantitative estimate of drug-likeness (QED) is 0.885. The average molecular weight is 328 g/mol. The number of pyridine rings is 1. The topological polar surface area (TPSA) is 65.5 Å². The molecule has 0 aliphatic carbocycles. The number of hydrogen-bond donors (Lipinski definition) is 2. The molecule has 0 aromatic carbocycles. The smallest absolute Gasteiger partial charge is 0.239 e. The van der Waals surface area contributed by atoms with Crippen LogP contribution in [0.15, 0.2) is 22.8 Å². The minimum absolute atomic E-state index is 0.0728. The number of nitrogens with one attached hydrogen (secondary N) is 1. The van der Waals surface area contributed by atoms with Crippen LogP contribution >= 0.6 is 15.9 Å². The van der Waals surface area contributed by atoms with E-state index in [2.05, 4.69) is 26.2 Å². The fourth-order valence-corrected chi connectivity index (χ4v) is 2.26. The van der Waals surface area contributed by atoms with E-state index in [1.807, 2.05) is 17.9 Å². The summed E-state index contributed by atoms with van der Waals surface area (Å²) in [6, 6.07) is 3.59. The molecular weight excluding hydrogens is 310 g/mol. The molecule has 0 radical (unpaired) electrons. The lowest BCUT2D eigenvalue weighted by molar-refractivity contribution is -0.118. The van der Waals surface area contributed by atoms with Crippen molar-refractivity contribution in [3.63, 3.8) is 0 Å². The van der Waals surface area contributed by atoms with Crippen molar-refractivity contribution in [2.24, 2.45) is 0 Å². The number of aromatic nitrogens is 1. The lowest BCUT2D eigenvalue weighted by atomic mass is 9.94. The number of carbonyl (C=O) groups excluding carboxylic acids is 1. The normalized spacial score (nSPS) is 19.1. The van der Waals surface area contributed by atoms with E-state index in [-0.39, 0.29) is 5.91 Å². The van der Waals surface area contributed by atoms with Crippen molar-refractivity contribution in [1.82, 2.24) is 9.88 Å². The Bertz CT molecular complexity index is 438. The highest BCUT2D eigenvalue weighted by molar-refractivity contribution is 9.10. The largest absolute Gasteiger partial charge is 0.390 e. The Morgan fingerprint density at radius 3 is 2.79 bits per heavy atom. The van der Waals surface area contributed by atoms with Crippen LogP contribution in [-0.2, 0) is 4.79 Å². The average Bonchev–Trinajstić information content (AvgIpc) is 2.35. The maximum absolute atomic E-state index is 11.9.